The van der Waals surface area contributed by atoms with Crippen LogP contribution in [0.4, 0.5) is 0 Å². The Morgan fingerprint density at radius 1 is 0.328 bits per heavy atom. The maximum atomic E-state index is 12.6. The summed E-state index contributed by atoms with van der Waals surface area (Å²) >= 11 is 0. The molecule has 0 N–H and O–H groups in total. The molecule has 0 amide bonds. The summed E-state index contributed by atoms with van der Waals surface area (Å²) in [5, 5.41) is 0. The first-order valence-electron chi connectivity index (χ1n) is 27.5. The van der Waals surface area contributed by atoms with Crippen LogP contribution in [0.1, 0.15) is 265 Å². The zero-order valence-electron chi connectivity index (χ0n) is 42.5. The van der Waals surface area contributed by atoms with Gasteiger partial charge in [0, 0.05) is 19.4 Å². The van der Waals surface area contributed by atoms with E-state index >= 15 is 0 Å². The average Bonchev–Trinajstić information content (AvgIpc) is 3.30. The fraction of sp³-hybridized carbons (Fsp3) is 0.763. The van der Waals surface area contributed by atoms with Gasteiger partial charge in [0.05, 0.1) is 0 Å². The lowest BCUT2D eigenvalue weighted by atomic mass is 10.0. The Balaban J connectivity index is 4.35. The Morgan fingerprint density at radius 2 is 0.594 bits per heavy atom. The van der Waals surface area contributed by atoms with Gasteiger partial charge in [-0.25, -0.2) is 0 Å². The standard InChI is InChI=1S/C59H104O5/c1-4-7-10-13-16-19-22-25-28-30-32-35-38-41-44-47-50-53-59(61)64-56-57(62-54-51-48-45-42-39-36-33-29-26-23-20-17-14-11-8-5-2)55-63-58(60)52-49-46-43-40-37-34-31-27-24-21-18-15-12-9-6-3/h16,18-19,21,25,27-28,31-32,35,37,40,57H,4-15,17,20,22-24,26,29-30,33-34,36,38-39,41-56H2,1-3H3/b19-16-,21-18-,28-25-,31-27-,35-32-,40-37-/t57-/m0/s1. The Hall–Kier alpha value is -2.66. The third-order valence-corrected chi connectivity index (χ3v) is 11.8. The molecule has 0 spiro atoms. The first-order valence-corrected chi connectivity index (χ1v) is 27.5. The van der Waals surface area contributed by atoms with E-state index in [1.807, 2.05) is 0 Å². The number of hydrogen-bond acceptors (Lipinski definition) is 5. The molecule has 0 radical (unpaired) electrons. The fourth-order valence-corrected chi connectivity index (χ4v) is 7.56. The van der Waals surface area contributed by atoms with Crippen molar-refractivity contribution < 1.29 is 23.8 Å². The van der Waals surface area contributed by atoms with E-state index in [1.54, 1.807) is 0 Å². The van der Waals surface area contributed by atoms with Crippen molar-refractivity contribution in [3.05, 3.63) is 72.9 Å². The van der Waals surface area contributed by atoms with Gasteiger partial charge in [0.2, 0.25) is 0 Å². The van der Waals surface area contributed by atoms with Crippen molar-refractivity contribution in [3.8, 4) is 0 Å². The smallest absolute Gasteiger partial charge is 0.305 e. The highest BCUT2D eigenvalue weighted by Crippen LogP contribution is 2.15. The molecule has 64 heavy (non-hydrogen) atoms. The zero-order valence-corrected chi connectivity index (χ0v) is 42.5. The van der Waals surface area contributed by atoms with Gasteiger partial charge in [0.25, 0.3) is 0 Å². The van der Waals surface area contributed by atoms with Gasteiger partial charge in [-0.05, 0) is 96.3 Å². The number of carbonyl (C=O) groups excluding carboxylic acids is 2. The summed E-state index contributed by atoms with van der Waals surface area (Å²) in [6.07, 6.45) is 70.8. The normalized spacial score (nSPS) is 12.7. The highest BCUT2D eigenvalue weighted by atomic mass is 16.6. The summed E-state index contributed by atoms with van der Waals surface area (Å²) in [7, 11) is 0. The molecule has 0 aliphatic heterocycles. The first-order chi connectivity index (χ1) is 31.6. The minimum atomic E-state index is -0.426. The lowest BCUT2D eigenvalue weighted by Crippen LogP contribution is -2.29. The lowest BCUT2D eigenvalue weighted by molar-refractivity contribution is -0.155. The molecule has 0 aliphatic carbocycles. The molecule has 0 aromatic carbocycles. The summed E-state index contributed by atoms with van der Waals surface area (Å²) < 4.78 is 17.4. The van der Waals surface area contributed by atoms with Crippen LogP contribution >= 0.6 is 0 Å². The molecular formula is C59H104O5. The molecule has 0 fully saturated rings. The number of hydrogen-bond donors (Lipinski definition) is 0. The van der Waals surface area contributed by atoms with E-state index in [9.17, 15) is 9.59 Å². The van der Waals surface area contributed by atoms with E-state index in [2.05, 4.69) is 93.7 Å². The SMILES string of the molecule is CCCCC/C=C\C/C=C\C/C=C\CCCCCCC(=O)OC[C@H](COC(=O)CCCC/C=C\C/C=C\C/C=C\CCCCC)OCCCCCCCCCCCCCCCCCC. The van der Waals surface area contributed by atoms with E-state index in [0.717, 1.165) is 89.9 Å². The Morgan fingerprint density at radius 3 is 0.984 bits per heavy atom. The van der Waals surface area contributed by atoms with E-state index in [4.69, 9.17) is 14.2 Å². The molecule has 0 aromatic rings. The van der Waals surface area contributed by atoms with Gasteiger partial charge < -0.3 is 14.2 Å². The number of rotatable bonds is 50. The topological polar surface area (TPSA) is 61.8 Å². The highest BCUT2D eigenvalue weighted by Gasteiger charge is 2.16. The molecule has 0 unspecified atom stereocenters. The summed E-state index contributed by atoms with van der Waals surface area (Å²) in [5.41, 5.74) is 0. The van der Waals surface area contributed by atoms with Gasteiger partial charge in [0.1, 0.15) is 19.3 Å². The molecule has 370 valence electrons. The molecule has 0 aliphatic rings. The quantitative estimate of drug-likeness (QED) is 0.0346. The summed E-state index contributed by atoms with van der Waals surface area (Å²) in [6.45, 7) is 7.63. The molecule has 0 aromatic heterocycles. The second-order valence-corrected chi connectivity index (χ2v) is 18.1. The second kappa shape index (κ2) is 54.7. The van der Waals surface area contributed by atoms with Crippen LogP contribution in [0.15, 0.2) is 72.9 Å². The van der Waals surface area contributed by atoms with Crippen molar-refractivity contribution in [2.45, 2.75) is 271 Å². The molecule has 0 heterocycles. The predicted octanol–water partition coefficient (Wildman–Crippen LogP) is 18.7. The van der Waals surface area contributed by atoms with E-state index in [0.29, 0.717) is 19.4 Å². The minimum Gasteiger partial charge on any atom is -0.463 e. The number of unbranched alkanes of at least 4 members (excludes halogenated alkanes) is 27. The van der Waals surface area contributed by atoms with Gasteiger partial charge in [-0.15, -0.1) is 0 Å². The molecule has 0 saturated heterocycles. The molecular weight excluding hydrogens is 789 g/mol. The van der Waals surface area contributed by atoms with Crippen molar-refractivity contribution in [1.82, 2.24) is 0 Å². The Bertz CT molecular complexity index is 1150. The zero-order chi connectivity index (χ0) is 46.3. The van der Waals surface area contributed by atoms with Gasteiger partial charge in [0.15, 0.2) is 0 Å². The van der Waals surface area contributed by atoms with Gasteiger partial charge >= 0.3 is 11.9 Å². The van der Waals surface area contributed by atoms with E-state index in [1.165, 1.54) is 141 Å². The van der Waals surface area contributed by atoms with E-state index < -0.39 is 6.10 Å². The van der Waals surface area contributed by atoms with Crippen molar-refractivity contribution in [2.24, 2.45) is 0 Å². The Kier molecular flexibility index (Phi) is 52.4. The second-order valence-electron chi connectivity index (χ2n) is 18.1. The maximum absolute atomic E-state index is 12.6. The molecule has 5 heteroatoms. The molecule has 1 atom stereocenters. The van der Waals surface area contributed by atoms with Crippen LogP contribution in [0.25, 0.3) is 0 Å². The van der Waals surface area contributed by atoms with Gasteiger partial charge in [-0.1, -0.05) is 229 Å². The third kappa shape index (κ3) is 52.0. The van der Waals surface area contributed by atoms with Crippen LogP contribution in [0.3, 0.4) is 0 Å². The van der Waals surface area contributed by atoms with Crippen molar-refractivity contribution in [2.75, 3.05) is 19.8 Å². The van der Waals surface area contributed by atoms with E-state index in [-0.39, 0.29) is 25.2 Å². The van der Waals surface area contributed by atoms with Crippen molar-refractivity contribution in [1.29, 1.82) is 0 Å². The monoisotopic (exact) mass is 893 g/mol. The highest BCUT2D eigenvalue weighted by molar-refractivity contribution is 5.69. The van der Waals surface area contributed by atoms with Gasteiger partial charge in [-0.2, -0.15) is 0 Å². The molecule has 5 nitrogen and oxygen atoms in total. The number of allylic oxidation sites excluding steroid dienone is 12. The summed E-state index contributed by atoms with van der Waals surface area (Å²) in [6, 6.07) is 0. The van der Waals surface area contributed by atoms with Crippen LogP contribution in [-0.2, 0) is 23.8 Å². The lowest BCUT2D eigenvalue weighted by Gasteiger charge is -2.18. The fourth-order valence-electron chi connectivity index (χ4n) is 7.56. The van der Waals surface area contributed by atoms with Crippen molar-refractivity contribution >= 4 is 11.9 Å². The first kappa shape index (κ1) is 61.3. The predicted molar refractivity (Wildman–Crippen MR) is 279 cm³/mol. The average molecular weight is 893 g/mol. The molecule has 0 saturated carbocycles. The summed E-state index contributed by atoms with van der Waals surface area (Å²) in [5.74, 6) is -0.396. The van der Waals surface area contributed by atoms with Crippen LogP contribution < -0.4 is 0 Å². The molecule has 0 rings (SSSR count). The van der Waals surface area contributed by atoms with Gasteiger partial charge in [-0.3, -0.25) is 9.59 Å². The summed E-state index contributed by atoms with van der Waals surface area (Å²) in [4.78, 5) is 25.2. The Labute approximate surface area is 397 Å². The number of ether oxygens (including phenoxy) is 3. The van der Waals surface area contributed by atoms with Crippen molar-refractivity contribution in [3.63, 3.8) is 0 Å². The van der Waals surface area contributed by atoms with Crippen LogP contribution in [0.2, 0.25) is 0 Å². The van der Waals surface area contributed by atoms with Crippen LogP contribution in [0, 0.1) is 0 Å². The van der Waals surface area contributed by atoms with Crippen LogP contribution in [0.5, 0.6) is 0 Å². The maximum Gasteiger partial charge on any atom is 0.305 e. The number of carbonyl (C=O) groups is 2. The number of esters is 2. The minimum absolute atomic E-state index is 0.130. The van der Waals surface area contributed by atoms with Crippen LogP contribution in [-0.4, -0.2) is 37.9 Å². The third-order valence-electron chi connectivity index (χ3n) is 11.8. The largest absolute Gasteiger partial charge is 0.463 e. The molecule has 0 bridgehead atoms.